The van der Waals surface area contributed by atoms with Gasteiger partial charge in [-0.05, 0) is 43.5 Å². The average Bonchev–Trinajstić information content (AvgIpc) is 3.12. The maximum Gasteiger partial charge on any atom is 0.235 e. The molecule has 3 aromatic rings. The highest BCUT2D eigenvalue weighted by molar-refractivity contribution is 8.02. The quantitative estimate of drug-likeness (QED) is 0.551. The maximum absolute atomic E-state index is 12.7. The molecule has 0 bridgehead atoms. The molecule has 1 heterocycles. The Balaban J connectivity index is 1.59. The molecule has 28 heavy (non-hydrogen) atoms. The highest BCUT2D eigenvalue weighted by Crippen LogP contribution is 2.32. The van der Waals surface area contributed by atoms with Gasteiger partial charge in [0.25, 0.3) is 0 Å². The lowest BCUT2D eigenvalue weighted by atomic mass is 10.1. The summed E-state index contributed by atoms with van der Waals surface area (Å²) < 4.78 is 0.779. The maximum atomic E-state index is 12.7. The zero-order chi connectivity index (χ0) is 20.1. The van der Waals surface area contributed by atoms with E-state index in [9.17, 15) is 4.79 Å². The van der Waals surface area contributed by atoms with E-state index in [0.29, 0.717) is 6.54 Å². The fourth-order valence-corrected chi connectivity index (χ4v) is 4.78. The van der Waals surface area contributed by atoms with Gasteiger partial charge in [-0.2, -0.15) is 0 Å². The van der Waals surface area contributed by atoms with Crippen LogP contribution in [-0.2, 0) is 11.3 Å². The summed E-state index contributed by atoms with van der Waals surface area (Å²) in [6.07, 6.45) is 0. The molecule has 0 saturated carbocycles. The lowest BCUT2D eigenvalue weighted by molar-refractivity contribution is -0.129. The minimum Gasteiger partial charge on any atom is -0.340 e. The molecule has 1 N–H and O–H groups in total. The molecule has 1 atom stereocenters. The highest BCUT2D eigenvalue weighted by atomic mass is 32.2. The molecule has 0 aliphatic heterocycles. The van der Waals surface area contributed by atoms with Crippen LogP contribution in [0.15, 0.2) is 52.9 Å². The topological polar surface area (TPSA) is 58.1 Å². The van der Waals surface area contributed by atoms with Crippen molar-refractivity contribution in [2.45, 2.75) is 36.9 Å². The van der Waals surface area contributed by atoms with Crippen molar-refractivity contribution in [3.63, 3.8) is 0 Å². The van der Waals surface area contributed by atoms with Crippen molar-refractivity contribution in [3.8, 4) is 0 Å². The van der Waals surface area contributed by atoms with Gasteiger partial charge in [-0.15, -0.1) is 10.2 Å². The van der Waals surface area contributed by atoms with Gasteiger partial charge in [-0.25, -0.2) is 0 Å². The molecule has 1 aromatic heterocycles. The van der Waals surface area contributed by atoms with Crippen molar-refractivity contribution in [3.05, 3.63) is 65.2 Å². The second kappa shape index (κ2) is 9.21. The number of nitrogens with one attached hydrogen (secondary N) is 1. The van der Waals surface area contributed by atoms with Crippen LogP contribution in [0.5, 0.6) is 0 Å². The standard InChI is InChI=1S/C21H24N4OS2/c1-14-9-8-12-18(15(14)2)22-20-23-24-21(28-20)27-16(3)19(26)25(4)13-17-10-6-5-7-11-17/h5-12,16H,13H2,1-4H3,(H,22,23)/t16-/m1/s1. The molecule has 3 rings (SSSR count). The van der Waals surface area contributed by atoms with E-state index in [1.807, 2.05) is 56.4 Å². The molecule has 146 valence electrons. The van der Waals surface area contributed by atoms with E-state index in [4.69, 9.17) is 0 Å². The normalized spacial score (nSPS) is 11.9. The summed E-state index contributed by atoms with van der Waals surface area (Å²) in [6, 6.07) is 16.1. The number of rotatable bonds is 7. The van der Waals surface area contributed by atoms with Crippen LogP contribution in [0.25, 0.3) is 0 Å². The Kier molecular flexibility index (Phi) is 6.70. The minimum absolute atomic E-state index is 0.0769. The molecule has 0 saturated heterocycles. The summed E-state index contributed by atoms with van der Waals surface area (Å²) in [5.74, 6) is 0.0769. The van der Waals surface area contributed by atoms with Crippen molar-refractivity contribution in [2.24, 2.45) is 0 Å². The molecule has 1 amide bonds. The van der Waals surface area contributed by atoms with E-state index < -0.39 is 0 Å². The highest BCUT2D eigenvalue weighted by Gasteiger charge is 2.21. The fourth-order valence-electron chi connectivity index (χ4n) is 2.76. The van der Waals surface area contributed by atoms with Crippen LogP contribution in [-0.4, -0.2) is 33.3 Å². The van der Waals surface area contributed by atoms with E-state index >= 15 is 0 Å². The Morgan fingerprint density at radius 1 is 1.14 bits per heavy atom. The number of hydrogen-bond acceptors (Lipinski definition) is 6. The third kappa shape index (κ3) is 5.11. The number of benzene rings is 2. The van der Waals surface area contributed by atoms with Crippen LogP contribution in [0.3, 0.4) is 0 Å². The third-order valence-corrected chi connectivity index (χ3v) is 6.53. The van der Waals surface area contributed by atoms with Crippen LogP contribution in [0.2, 0.25) is 0 Å². The van der Waals surface area contributed by atoms with Gasteiger partial charge in [0.2, 0.25) is 11.0 Å². The number of amides is 1. The number of carbonyl (C=O) groups is 1. The van der Waals surface area contributed by atoms with Gasteiger partial charge >= 0.3 is 0 Å². The summed E-state index contributed by atoms with van der Waals surface area (Å²) in [4.78, 5) is 14.4. The summed E-state index contributed by atoms with van der Waals surface area (Å²) in [6.45, 7) is 6.67. The van der Waals surface area contributed by atoms with Crippen molar-refractivity contribution in [1.82, 2.24) is 15.1 Å². The van der Waals surface area contributed by atoms with Crippen molar-refractivity contribution >= 4 is 39.8 Å². The SMILES string of the molecule is Cc1cccc(Nc2nnc(S[C@H](C)C(=O)N(C)Cc3ccccc3)s2)c1C. The predicted octanol–water partition coefficient (Wildman–Crippen LogP) is 5.04. The average molecular weight is 413 g/mol. The van der Waals surface area contributed by atoms with Crippen molar-refractivity contribution < 1.29 is 4.79 Å². The van der Waals surface area contributed by atoms with Crippen LogP contribution in [0.4, 0.5) is 10.8 Å². The lowest BCUT2D eigenvalue weighted by Gasteiger charge is -2.20. The zero-order valence-corrected chi connectivity index (χ0v) is 18.1. The second-order valence-corrected chi connectivity index (χ2v) is 9.25. The zero-order valence-electron chi connectivity index (χ0n) is 16.5. The smallest absolute Gasteiger partial charge is 0.235 e. The summed E-state index contributed by atoms with van der Waals surface area (Å²) >= 11 is 2.91. The number of anilines is 2. The van der Waals surface area contributed by atoms with Gasteiger partial charge in [0, 0.05) is 19.3 Å². The van der Waals surface area contributed by atoms with E-state index in [-0.39, 0.29) is 11.2 Å². The van der Waals surface area contributed by atoms with Crippen molar-refractivity contribution in [1.29, 1.82) is 0 Å². The first-order valence-electron chi connectivity index (χ1n) is 9.06. The summed E-state index contributed by atoms with van der Waals surface area (Å²) in [7, 11) is 1.83. The second-order valence-electron chi connectivity index (χ2n) is 6.69. The monoisotopic (exact) mass is 412 g/mol. The molecule has 7 heteroatoms. The molecular formula is C21H24N4OS2. The molecule has 0 aliphatic rings. The molecule has 0 unspecified atom stereocenters. The third-order valence-electron chi connectivity index (χ3n) is 4.52. The Labute approximate surface area is 174 Å². The summed E-state index contributed by atoms with van der Waals surface area (Å²) in [5.41, 5.74) is 4.56. The first-order chi connectivity index (χ1) is 13.4. The molecule has 0 fully saturated rings. The molecular weight excluding hydrogens is 388 g/mol. The van der Waals surface area contributed by atoms with E-state index in [1.54, 1.807) is 4.90 Å². The van der Waals surface area contributed by atoms with E-state index in [0.717, 1.165) is 20.7 Å². The minimum atomic E-state index is -0.227. The van der Waals surface area contributed by atoms with Gasteiger partial charge in [0.1, 0.15) is 0 Å². The van der Waals surface area contributed by atoms with Gasteiger partial charge < -0.3 is 10.2 Å². The van der Waals surface area contributed by atoms with Crippen LogP contribution in [0, 0.1) is 13.8 Å². The largest absolute Gasteiger partial charge is 0.340 e. The Hall–Kier alpha value is -2.38. The van der Waals surface area contributed by atoms with E-state index in [2.05, 4.69) is 35.4 Å². The van der Waals surface area contributed by atoms with Crippen LogP contribution >= 0.6 is 23.1 Å². The molecule has 0 aliphatic carbocycles. The van der Waals surface area contributed by atoms with Crippen LogP contribution < -0.4 is 5.32 Å². The molecule has 5 nitrogen and oxygen atoms in total. The molecule has 0 spiro atoms. The van der Waals surface area contributed by atoms with Gasteiger partial charge in [-0.1, -0.05) is 65.6 Å². The predicted molar refractivity (Wildman–Crippen MR) is 117 cm³/mol. The number of thioether (sulfide) groups is 1. The van der Waals surface area contributed by atoms with Gasteiger partial charge in [0.05, 0.1) is 5.25 Å². The Bertz CT molecular complexity index is 943. The summed E-state index contributed by atoms with van der Waals surface area (Å²) in [5, 5.41) is 12.3. The molecule has 2 aromatic carbocycles. The fraction of sp³-hybridized carbons (Fsp3) is 0.286. The first-order valence-corrected chi connectivity index (χ1v) is 10.8. The number of hydrogen-bond donors (Lipinski definition) is 1. The Morgan fingerprint density at radius 2 is 1.89 bits per heavy atom. The Morgan fingerprint density at radius 3 is 2.64 bits per heavy atom. The number of aromatic nitrogens is 2. The van der Waals surface area contributed by atoms with Crippen LogP contribution in [0.1, 0.15) is 23.6 Å². The van der Waals surface area contributed by atoms with Crippen molar-refractivity contribution in [2.75, 3.05) is 12.4 Å². The number of carbonyl (C=O) groups excluding carboxylic acids is 1. The number of aryl methyl sites for hydroxylation is 1. The van der Waals surface area contributed by atoms with E-state index in [1.165, 1.54) is 34.2 Å². The molecule has 0 radical (unpaired) electrons. The first kappa shape index (κ1) is 20.4. The van der Waals surface area contributed by atoms with Gasteiger partial charge in [0.15, 0.2) is 4.34 Å². The lowest BCUT2D eigenvalue weighted by Crippen LogP contribution is -2.32. The van der Waals surface area contributed by atoms with Gasteiger partial charge in [-0.3, -0.25) is 4.79 Å². The number of nitrogens with zero attached hydrogens (tertiary/aromatic N) is 3.